The van der Waals surface area contributed by atoms with E-state index in [2.05, 4.69) is 6.58 Å². The molecule has 0 rings (SSSR count). The van der Waals surface area contributed by atoms with Gasteiger partial charge in [-0.25, -0.2) is 0 Å². The van der Waals surface area contributed by atoms with E-state index in [0.29, 0.717) is 0 Å². The van der Waals surface area contributed by atoms with Crippen molar-refractivity contribution in [3.8, 4) is 0 Å². The molecule has 0 aromatic carbocycles. The first-order valence-electron chi connectivity index (χ1n) is 2.38. The summed E-state index contributed by atoms with van der Waals surface area (Å²) >= 11 is 0. The summed E-state index contributed by atoms with van der Waals surface area (Å²) < 4.78 is 34.7. The van der Waals surface area contributed by atoms with E-state index in [1.165, 1.54) is 6.92 Å². The molecular weight excluding hydrogens is 129 g/mol. The summed E-state index contributed by atoms with van der Waals surface area (Å²) in [6.07, 6.45) is -2.47. The Balaban J connectivity index is 4.32. The summed E-state index contributed by atoms with van der Waals surface area (Å²) in [6.45, 7) is 4.33. The monoisotopic (exact) mass is 136 g/mol. The summed E-state index contributed by atoms with van der Waals surface area (Å²) in [5, 5.41) is 0. The first-order valence-corrected chi connectivity index (χ1v) is 2.38. The normalized spacial score (nSPS) is 13.6. The molecule has 0 aliphatic carbocycles. The largest absolute Gasteiger partial charge is 0.416 e. The van der Waals surface area contributed by atoms with E-state index in [4.69, 9.17) is 0 Å². The van der Waals surface area contributed by atoms with Gasteiger partial charge < -0.3 is 0 Å². The molecule has 0 heterocycles. The maximum absolute atomic E-state index is 11.6. The predicted molar refractivity (Wildman–Crippen MR) is 30.0 cm³/mol. The van der Waals surface area contributed by atoms with Crippen molar-refractivity contribution >= 4 is 0 Å². The van der Waals surface area contributed by atoms with E-state index in [1.54, 1.807) is 0 Å². The fourth-order valence-electron chi connectivity index (χ4n) is 0.397. The molecule has 0 saturated carbocycles. The standard InChI is InChI=1S/C6H7F3/c1-3-5(4-2)6(7,8)9/h3-4H,1H2,2H3. The van der Waals surface area contributed by atoms with Crippen molar-refractivity contribution in [2.24, 2.45) is 0 Å². The Labute approximate surface area is 51.7 Å². The molecule has 0 aromatic heterocycles. The van der Waals surface area contributed by atoms with Crippen LogP contribution in [0.3, 0.4) is 0 Å². The van der Waals surface area contributed by atoms with Gasteiger partial charge in [-0.2, -0.15) is 13.2 Å². The van der Waals surface area contributed by atoms with Gasteiger partial charge in [0.05, 0.1) is 5.57 Å². The van der Waals surface area contributed by atoms with Crippen LogP contribution in [0.4, 0.5) is 13.2 Å². The van der Waals surface area contributed by atoms with Crippen LogP contribution in [0.15, 0.2) is 24.3 Å². The lowest BCUT2D eigenvalue weighted by molar-refractivity contribution is -0.0882. The Hall–Kier alpha value is -0.730. The lowest BCUT2D eigenvalue weighted by Crippen LogP contribution is -2.08. The molecule has 0 unspecified atom stereocenters. The highest BCUT2D eigenvalue weighted by molar-refractivity contribution is 5.20. The highest BCUT2D eigenvalue weighted by Crippen LogP contribution is 2.25. The van der Waals surface area contributed by atoms with Gasteiger partial charge in [0.1, 0.15) is 0 Å². The molecule has 0 fully saturated rings. The third-order valence-electron chi connectivity index (χ3n) is 0.858. The molecule has 3 heteroatoms. The maximum Gasteiger partial charge on any atom is 0.416 e. The Bertz CT molecular complexity index is 130. The predicted octanol–water partition coefficient (Wildman–Crippen LogP) is 2.68. The van der Waals surface area contributed by atoms with E-state index in [1.807, 2.05) is 0 Å². The number of halogens is 3. The number of hydrogen-bond acceptors (Lipinski definition) is 0. The van der Waals surface area contributed by atoms with Gasteiger partial charge >= 0.3 is 6.18 Å². The van der Waals surface area contributed by atoms with Crippen LogP contribution in [-0.4, -0.2) is 6.18 Å². The van der Waals surface area contributed by atoms with Gasteiger partial charge in [0.2, 0.25) is 0 Å². The quantitative estimate of drug-likeness (QED) is 0.486. The van der Waals surface area contributed by atoms with Gasteiger partial charge in [0, 0.05) is 0 Å². The lowest BCUT2D eigenvalue weighted by Gasteiger charge is -2.04. The minimum absolute atomic E-state index is 0.692. The molecule has 0 saturated heterocycles. The van der Waals surface area contributed by atoms with Crippen molar-refractivity contribution in [2.45, 2.75) is 13.1 Å². The lowest BCUT2D eigenvalue weighted by atomic mass is 10.2. The number of alkyl halides is 3. The molecule has 0 aliphatic rings. The molecule has 52 valence electrons. The van der Waals surface area contributed by atoms with E-state index in [0.717, 1.165) is 12.2 Å². The highest BCUT2D eigenvalue weighted by Gasteiger charge is 2.30. The third kappa shape index (κ3) is 2.35. The van der Waals surface area contributed by atoms with Gasteiger partial charge in [-0.3, -0.25) is 0 Å². The molecule has 0 bridgehead atoms. The van der Waals surface area contributed by atoms with Crippen molar-refractivity contribution in [3.63, 3.8) is 0 Å². The van der Waals surface area contributed by atoms with Crippen LogP contribution in [-0.2, 0) is 0 Å². The SMILES string of the molecule is C=CC(=CC)C(F)(F)F. The van der Waals surface area contributed by atoms with Gasteiger partial charge in [0.15, 0.2) is 0 Å². The van der Waals surface area contributed by atoms with Crippen LogP contribution < -0.4 is 0 Å². The molecule has 9 heavy (non-hydrogen) atoms. The summed E-state index contributed by atoms with van der Waals surface area (Å²) in [7, 11) is 0. The highest BCUT2D eigenvalue weighted by atomic mass is 19.4. The fourth-order valence-corrected chi connectivity index (χ4v) is 0.397. The molecular formula is C6H7F3. The summed E-state index contributed by atoms with van der Waals surface area (Å²) in [6, 6.07) is 0. The first-order chi connectivity index (χ1) is 4.02. The van der Waals surface area contributed by atoms with Crippen molar-refractivity contribution in [1.82, 2.24) is 0 Å². The second kappa shape index (κ2) is 2.71. The smallest absolute Gasteiger partial charge is 0.166 e. The van der Waals surface area contributed by atoms with Gasteiger partial charge in [-0.15, -0.1) is 0 Å². The van der Waals surface area contributed by atoms with Crippen LogP contribution >= 0.6 is 0 Å². The summed E-state index contributed by atoms with van der Waals surface area (Å²) in [4.78, 5) is 0. The van der Waals surface area contributed by atoms with E-state index >= 15 is 0 Å². The topological polar surface area (TPSA) is 0 Å². The molecule has 0 N–H and O–H groups in total. The average Bonchev–Trinajstić information content (AvgIpc) is 1.65. The molecule has 0 radical (unpaired) electrons. The summed E-state index contributed by atoms with van der Waals surface area (Å²) in [5.41, 5.74) is -0.692. The Kier molecular flexibility index (Phi) is 2.49. The van der Waals surface area contributed by atoms with E-state index in [-0.39, 0.29) is 0 Å². The summed E-state index contributed by atoms with van der Waals surface area (Å²) in [5.74, 6) is 0. The Morgan fingerprint density at radius 1 is 1.44 bits per heavy atom. The number of rotatable bonds is 1. The zero-order valence-electron chi connectivity index (χ0n) is 5.00. The van der Waals surface area contributed by atoms with Crippen LogP contribution in [0.5, 0.6) is 0 Å². The molecule has 0 spiro atoms. The van der Waals surface area contributed by atoms with Crippen LogP contribution in [0, 0.1) is 0 Å². The zero-order chi connectivity index (χ0) is 7.49. The zero-order valence-corrected chi connectivity index (χ0v) is 5.00. The Morgan fingerprint density at radius 3 is 1.89 bits per heavy atom. The third-order valence-corrected chi connectivity index (χ3v) is 0.858. The first kappa shape index (κ1) is 8.27. The Morgan fingerprint density at radius 2 is 1.89 bits per heavy atom. The molecule has 0 atom stereocenters. The van der Waals surface area contributed by atoms with Crippen molar-refractivity contribution in [2.75, 3.05) is 0 Å². The van der Waals surface area contributed by atoms with Gasteiger partial charge in [0.25, 0.3) is 0 Å². The van der Waals surface area contributed by atoms with Crippen molar-refractivity contribution in [1.29, 1.82) is 0 Å². The van der Waals surface area contributed by atoms with Crippen LogP contribution in [0.2, 0.25) is 0 Å². The van der Waals surface area contributed by atoms with Gasteiger partial charge in [-0.05, 0) is 6.92 Å². The number of allylic oxidation sites excluding steroid dienone is 3. The average molecular weight is 136 g/mol. The second-order valence-corrected chi connectivity index (χ2v) is 1.45. The fraction of sp³-hybridized carbons (Fsp3) is 0.333. The van der Waals surface area contributed by atoms with E-state index in [9.17, 15) is 13.2 Å². The molecule has 0 aliphatic heterocycles. The number of hydrogen-bond donors (Lipinski definition) is 0. The second-order valence-electron chi connectivity index (χ2n) is 1.45. The van der Waals surface area contributed by atoms with Crippen LogP contribution in [0.25, 0.3) is 0 Å². The maximum atomic E-state index is 11.6. The molecule has 0 nitrogen and oxygen atoms in total. The molecule has 0 amide bonds. The minimum Gasteiger partial charge on any atom is -0.166 e. The van der Waals surface area contributed by atoms with Crippen LogP contribution in [0.1, 0.15) is 6.92 Å². The van der Waals surface area contributed by atoms with Gasteiger partial charge in [-0.1, -0.05) is 18.7 Å². The van der Waals surface area contributed by atoms with E-state index < -0.39 is 11.7 Å². The molecule has 0 aromatic rings. The minimum atomic E-state index is -4.24. The van der Waals surface area contributed by atoms with Crippen molar-refractivity contribution < 1.29 is 13.2 Å². The van der Waals surface area contributed by atoms with Crippen molar-refractivity contribution in [3.05, 3.63) is 24.3 Å².